The van der Waals surface area contributed by atoms with Crippen LogP contribution in [0.5, 0.6) is 0 Å². The van der Waals surface area contributed by atoms with Crippen LogP contribution in [0.1, 0.15) is 30.1 Å². The van der Waals surface area contributed by atoms with E-state index in [4.69, 9.17) is 18.9 Å². The minimum atomic E-state index is -1.53. The molecule has 0 unspecified atom stereocenters. The number of aliphatic hydroxyl groups is 1. The van der Waals surface area contributed by atoms with Gasteiger partial charge in [0.05, 0.1) is 44.4 Å². The molecule has 8 atom stereocenters. The summed E-state index contributed by atoms with van der Waals surface area (Å²) in [6.07, 6.45) is 4.51. The van der Waals surface area contributed by atoms with E-state index in [1.54, 1.807) is 11.0 Å². The number of amides is 3. The number of nitrogens with zero attached hydrogens (tertiary/aromatic N) is 3. The van der Waals surface area contributed by atoms with Gasteiger partial charge in [0.1, 0.15) is 29.8 Å². The van der Waals surface area contributed by atoms with Crippen molar-refractivity contribution < 1.29 is 43.2 Å². The number of benzene rings is 2. The Kier molecular flexibility index (Phi) is 12.5. The summed E-state index contributed by atoms with van der Waals surface area (Å²) in [7, 11) is 1.51. The molecule has 0 aliphatic carbocycles. The second kappa shape index (κ2) is 17.5. The molecule has 294 valence electrons. The van der Waals surface area contributed by atoms with Crippen molar-refractivity contribution in [2.75, 3.05) is 66.3 Å². The maximum absolute atomic E-state index is 15.3. The van der Waals surface area contributed by atoms with E-state index in [1.165, 1.54) is 12.0 Å². The quantitative estimate of drug-likeness (QED) is 0.271. The number of allylic oxidation sites excluding steroid dienone is 1. The van der Waals surface area contributed by atoms with Crippen molar-refractivity contribution in [1.82, 2.24) is 20.0 Å². The van der Waals surface area contributed by atoms with Crippen LogP contribution in [0.2, 0.25) is 0 Å². The molecule has 55 heavy (non-hydrogen) atoms. The van der Waals surface area contributed by atoms with Crippen LogP contribution in [0.25, 0.3) is 0 Å². The number of halogens is 1. The van der Waals surface area contributed by atoms with E-state index in [-0.39, 0.29) is 37.8 Å². The number of likely N-dealkylation sites (tertiary alicyclic amines) is 1. The molecule has 0 aromatic heterocycles. The fourth-order valence-electron chi connectivity index (χ4n) is 8.71. The average molecular weight is 822 g/mol. The molecule has 0 saturated carbocycles. The van der Waals surface area contributed by atoms with Crippen LogP contribution in [-0.2, 0) is 44.5 Å². The topological polar surface area (TPSA) is 147 Å². The highest BCUT2D eigenvalue weighted by atomic mass is 79.9. The maximum atomic E-state index is 15.3. The van der Waals surface area contributed by atoms with Gasteiger partial charge >= 0.3 is 5.97 Å². The summed E-state index contributed by atoms with van der Waals surface area (Å²) in [6, 6.07) is 15.9. The van der Waals surface area contributed by atoms with Gasteiger partial charge < -0.3 is 39.2 Å². The number of nitrogens with one attached hydrogen (secondary N) is 1. The highest BCUT2D eigenvalue weighted by molar-refractivity contribution is 9.11. The lowest BCUT2D eigenvalue weighted by Gasteiger charge is -2.39. The van der Waals surface area contributed by atoms with E-state index in [0.29, 0.717) is 42.8 Å². The third-order valence-electron chi connectivity index (χ3n) is 11.3. The third-order valence-corrected chi connectivity index (χ3v) is 12.0. The van der Waals surface area contributed by atoms with Crippen LogP contribution < -0.4 is 5.32 Å². The monoisotopic (exact) mass is 820 g/mol. The molecule has 7 rings (SSSR count). The molecule has 2 aromatic carbocycles. The number of hydrogen-bond acceptors (Lipinski definition) is 10. The maximum Gasteiger partial charge on any atom is 0.313 e. The lowest BCUT2D eigenvalue weighted by atomic mass is 9.74. The van der Waals surface area contributed by atoms with Crippen LogP contribution in [-0.4, -0.2) is 140 Å². The van der Waals surface area contributed by atoms with E-state index in [1.807, 2.05) is 72.8 Å². The molecule has 1 spiro atoms. The highest BCUT2D eigenvalue weighted by Gasteiger charge is 2.75. The van der Waals surface area contributed by atoms with Gasteiger partial charge in [0.15, 0.2) is 0 Å². The fraction of sp³-hybridized carbons (Fsp3) is 0.512. The molecule has 3 fully saturated rings. The van der Waals surface area contributed by atoms with E-state index >= 15 is 9.59 Å². The molecule has 3 amide bonds. The first kappa shape index (κ1) is 39.3. The van der Waals surface area contributed by atoms with Gasteiger partial charge in [0.2, 0.25) is 17.7 Å². The largest absolute Gasteiger partial charge is 0.455 e. The summed E-state index contributed by atoms with van der Waals surface area (Å²) in [5, 5.41) is 14.0. The molecule has 3 saturated heterocycles. The smallest absolute Gasteiger partial charge is 0.313 e. The second-order valence-corrected chi connectivity index (χ2v) is 15.7. The molecular weight excluding hydrogens is 772 g/mol. The molecular formula is C41H49BrN4O9. The number of aliphatic hydroxyl groups excluding tert-OH is 1. The summed E-state index contributed by atoms with van der Waals surface area (Å²) >= 11 is 3.65. The number of carbonyl (C=O) groups is 4. The molecule has 5 aliphatic rings. The summed E-state index contributed by atoms with van der Waals surface area (Å²) in [5.41, 5.74) is -0.00890. The van der Waals surface area contributed by atoms with Crippen molar-refractivity contribution in [3.63, 3.8) is 0 Å². The van der Waals surface area contributed by atoms with Gasteiger partial charge in [-0.15, -0.1) is 0 Å². The zero-order valence-electron chi connectivity index (χ0n) is 31.0. The Bertz CT molecular complexity index is 1760. The Morgan fingerprint density at radius 3 is 2.40 bits per heavy atom. The van der Waals surface area contributed by atoms with E-state index in [0.717, 1.165) is 18.7 Å². The molecule has 2 aromatic rings. The molecule has 13 nitrogen and oxygen atoms in total. The normalized spacial score (nSPS) is 31.5. The predicted molar refractivity (Wildman–Crippen MR) is 205 cm³/mol. The zero-order valence-corrected chi connectivity index (χ0v) is 32.6. The number of carbonyl (C=O) groups excluding carboxylic acids is 4. The number of morpholine rings is 1. The Hall–Kier alpha value is -3.92. The highest BCUT2D eigenvalue weighted by Crippen LogP contribution is 2.59. The zero-order chi connectivity index (χ0) is 38.5. The summed E-state index contributed by atoms with van der Waals surface area (Å²) < 4.78 is 24.7. The van der Waals surface area contributed by atoms with Gasteiger partial charge in [-0.3, -0.25) is 24.1 Å². The third kappa shape index (κ3) is 8.03. The van der Waals surface area contributed by atoms with Crippen LogP contribution in [0.3, 0.4) is 0 Å². The molecule has 5 bridgehead atoms. The van der Waals surface area contributed by atoms with Crippen LogP contribution in [0, 0.1) is 11.8 Å². The SMILES string of the molecule is COC[C@H]1NC(=O)CC/C=C\CN(CCN2CCOCC2)C(=O)[C@@H]2N([C@@H](CO)Cc3ccccc3)C(=O)[C@H]3[C@H](C(=O)O[C@@H]1c1ccccc1)[C@H]1O[C@@]23C=C1Br. The van der Waals surface area contributed by atoms with Gasteiger partial charge in [-0.1, -0.05) is 88.7 Å². The first-order chi connectivity index (χ1) is 26.8. The van der Waals surface area contributed by atoms with Crippen LogP contribution >= 0.6 is 15.9 Å². The lowest BCUT2D eigenvalue weighted by Crippen LogP contribution is -2.59. The Morgan fingerprint density at radius 1 is 0.964 bits per heavy atom. The number of cyclic esters (lactones) is 1. The van der Waals surface area contributed by atoms with Gasteiger partial charge in [-0.05, 0) is 30.0 Å². The van der Waals surface area contributed by atoms with E-state index < -0.39 is 66.3 Å². The minimum Gasteiger partial charge on any atom is -0.455 e. The molecule has 0 radical (unpaired) electrons. The summed E-state index contributed by atoms with van der Waals surface area (Å²) in [5.74, 6) is -4.02. The van der Waals surface area contributed by atoms with Crippen LogP contribution in [0.15, 0.2) is 83.4 Å². The van der Waals surface area contributed by atoms with Crippen molar-refractivity contribution in [2.45, 2.75) is 55.2 Å². The van der Waals surface area contributed by atoms with E-state index in [9.17, 15) is 14.7 Å². The van der Waals surface area contributed by atoms with Gasteiger partial charge in [0.25, 0.3) is 0 Å². The minimum absolute atomic E-state index is 0.0506. The number of methoxy groups -OCH3 is 1. The van der Waals surface area contributed by atoms with Crippen molar-refractivity contribution in [3.05, 3.63) is 94.5 Å². The lowest BCUT2D eigenvalue weighted by molar-refractivity contribution is -0.163. The van der Waals surface area contributed by atoms with Crippen molar-refractivity contribution in [2.24, 2.45) is 11.8 Å². The predicted octanol–water partition coefficient (Wildman–Crippen LogP) is 2.39. The Labute approximate surface area is 329 Å². The first-order valence-corrected chi connectivity index (χ1v) is 19.9. The van der Waals surface area contributed by atoms with Crippen molar-refractivity contribution in [3.8, 4) is 0 Å². The van der Waals surface area contributed by atoms with Crippen molar-refractivity contribution >= 4 is 39.6 Å². The van der Waals surface area contributed by atoms with Crippen LogP contribution in [0.4, 0.5) is 0 Å². The molecule has 14 heteroatoms. The summed E-state index contributed by atoms with van der Waals surface area (Å²) in [6.45, 7) is 3.45. The first-order valence-electron chi connectivity index (χ1n) is 19.1. The van der Waals surface area contributed by atoms with Gasteiger partial charge in [-0.2, -0.15) is 0 Å². The number of ether oxygens (including phenoxy) is 4. The van der Waals surface area contributed by atoms with E-state index in [2.05, 4.69) is 26.1 Å². The standard InChI is InChI=1S/C41H49BrN4O9/c1-52-26-31-35(28-13-7-3-8-14-28)54-40(51)33-34-38(49)46(29(25-47)23-27-11-5-2-6-12-27)37(41(34)24-30(42)36(33)55-41)39(50)45(16-10-4-9-15-32(48)43-31)18-17-44-19-21-53-22-20-44/h2-8,10-14,24,29,31,33-37,47H,9,15-23,25-26H2,1H3,(H,43,48)/b10-4-/t29-,31-,33+,34-,35-,36+,37+,41-/m1/s1. The number of rotatable bonds is 10. The number of esters is 1. The molecule has 5 heterocycles. The second-order valence-electron chi connectivity index (χ2n) is 14.7. The van der Waals surface area contributed by atoms with Gasteiger partial charge in [-0.25, -0.2) is 0 Å². The Morgan fingerprint density at radius 2 is 1.69 bits per heavy atom. The molecule has 2 N–H and O–H groups in total. The average Bonchev–Trinajstić information content (AvgIpc) is 3.80. The number of fused-ring (bicyclic) bond motifs is 2. The van der Waals surface area contributed by atoms with Gasteiger partial charge in [0, 0.05) is 50.7 Å². The van der Waals surface area contributed by atoms with Crippen molar-refractivity contribution in [1.29, 1.82) is 0 Å². The Balaban J connectivity index is 1.32. The molecule has 5 aliphatic heterocycles. The summed E-state index contributed by atoms with van der Waals surface area (Å²) in [4.78, 5) is 63.8. The number of hydrogen-bond donors (Lipinski definition) is 2. The fourth-order valence-corrected chi connectivity index (χ4v) is 9.45.